The van der Waals surface area contributed by atoms with Gasteiger partial charge in [-0.3, -0.25) is 37.3 Å². The number of aliphatic hydroxyl groups excluding tert-OH is 1. The molecule has 0 aliphatic heterocycles. The van der Waals surface area contributed by atoms with E-state index in [1.165, 1.54) is 173 Å². The molecule has 0 aromatic heterocycles. The first-order valence-corrected chi connectivity index (χ1v) is 38.3. The van der Waals surface area contributed by atoms with Crippen LogP contribution in [0.4, 0.5) is 0 Å². The highest BCUT2D eigenvalue weighted by Gasteiger charge is 2.30. The second-order valence-corrected chi connectivity index (χ2v) is 27.1. The maximum absolute atomic E-state index is 13.0. The largest absolute Gasteiger partial charge is 0.472 e. The average Bonchev–Trinajstić information content (AvgIpc) is 3.56. The number of hydrogen-bond acceptors (Lipinski definition) is 15. The van der Waals surface area contributed by atoms with Crippen molar-refractivity contribution in [2.75, 3.05) is 39.6 Å². The third kappa shape index (κ3) is 60.9. The number of carbonyl (C=O) groups is 4. The molecule has 5 atom stereocenters. The number of esters is 4. The minimum absolute atomic E-state index is 0.105. The van der Waals surface area contributed by atoms with E-state index >= 15 is 0 Å². The quantitative estimate of drug-likeness (QED) is 0.0222. The summed E-state index contributed by atoms with van der Waals surface area (Å²) in [5.41, 5.74) is 0. The average molecular weight is 1270 g/mol. The van der Waals surface area contributed by atoms with Gasteiger partial charge in [0, 0.05) is 25.7 Å². The van der Waals surface area contributed by atoms with Gasteiger partial charge in [0.25, 0.3) is 0 Å². The minimum atomic E-state index is -4.95. The van der Waals surface area contributed by atoms with Crippen molar-refractivity contribution in [1.29, 1.82) is 0 Å². The van der Waals surface area contributed by atoms with Crippen molar-refractivity contribution < 1.29 is 80.2 Å². The van der Waals surface area contributed by atoms with Crippen LogP contribution in [0.3, 0.4) is 0 Å². The molecule has 0 aromatic carbocycles. The lowest BCUT2D eigenvalue weighted by Gasteiger charge is -2.21. The van der Waals surface area contributed by atoms with E-state index in [9.17, 15) is 43.2 Å². The zero-order chi connectivity index (χ0) is 63.3. The van der Waals surface area contributed by atoms with Crippen LogP contribution < -0.4 is 0 Å². The molecule has 0 aliphatic rings. The fourth-order valence-corrected chi connectivity index (χ4v) is 11.7. The molecule has 0 amide bonds. The summed E-state index contributed by atoms with van der Waals surface area (Å²) in [5, 5.41) is 10.5. The van der Waals surface area contributed by atoms with Crippen LogP contribution in [-0.2, 0) is 65.4 Å². The van der Waals surface area contributed by atoms with E-state index in [1.54, 1.807) is 0 Å². The summed E-state index contributed by atoms with van der Waals surface area (Å²) < 4.78 is 67.9. The summed E-state index contributed by atoms with van der Waals surface area (Å²) in [5.74, 6) is -2.14. The number of phosphoric acid groups is 2. The topological polar surface area (TPSA) is 237 Å². The molecule has 3 N–H and O–H groups in total. The third-order valence-corrected chi connectivity index (χ3v) is 17.5. The van der Waals surface area contributed by atoms with Crippen LogP contribution in [0.25, 0.3) is 0 Å². The van der Waals surface area contributed by atoms with E-state index in [4.69, 9.17) is 37.0 Å². The van der Waals surface area contributed by atoms with E-state index < -0.39 is 97.5 Å². The second kappa shape index (κ2) is 61.9. The molecule has 0 saturated heterocycles. The molecule has 0 aliphatic carbocycles. The van der Waals surface area contributed by atoms with Gasteiger partial charge in [0.15, 0.2) is 12.2 Å². The van der Waals surface area contributed by atoms with E-state index in [-0.39, 0.29) is 25.7 Å². The van der Waals surface area contributed by atoms with E-state index in [0.717, 1.165) is 96.3 Å². The first-order chi connectivity index (χ1) is 41.7. The molecule has 19 heteroatoms. The molecular weight excluding hydrogens is 1140 g/mol. The highest BCUT2D eigenvalue weighted by Crippen LogP contribution is 2.45. The Kier molecular flexibility index (Phi) is 60.5. The molecule has 510 valence electrons. The summed E-state index contributed by atoms with van der Waals surface area (Å²) in [6.07, 6.45) is 49.0. The van der Waals surface area contributed by atoms with Crippen LogP contribution in [0.5, 0.6) is 0 Å². The Balaban J connectivity index is 5.12. The Labute approximate surface area is 524 Å². The van der Waals surface area contributed by atoms with E-state index in [0.29, 0.717) is 25.7 Å². The number of hydrogen-bond donors (Lipinski definition) is 3. The molecule has 86 heavy (non-hydrogen) atoms. The standard InChI is InChI=1S/C67H130O17P2/c1-5-9-13-17-20-23-25-27-28-29-30-31-32-34-36-39-42-46-50-54-67(72)84-63(58-78-65(70)52-48-44-40-38-35-33-26-24-21-18-14-10-6-2)60-82-86(75,76)80-56-61(68)55-79-85(73,74)81-59-62(57-77-64(69)51-47-43-16-12-8-4)83-66(71)53-49-45-41-37-22-19-15-11-7-3/h61-63,68H,5-60H2,1-4H3,(H,73,74)(H,75,76)/t61-,62+,63+/m0/s1. The van der Waals surface area contributed by atoms with Crippen LogP contribution >= 0.6 is 15.6 Å². The normalized spacial score (nSPS) is 14.1. The van der Waals surface area contributed by atoms with Gasteiger partial charge in [-0.2, -0.15) is 0 Å². The molecule has 0 radical (unpaired) electrons. The molecule has 0 fully saturated rings. The summed E-state index contributed by atoms with van der Waals surface area (Å²) in [6.45, 7) is 4.82. The SMILES string of the molecule is CCCCCCCCCCCCCCCCCCCCCC(=O)O[C@H](COC(=O)CCCCCCCCCCCCCCC)COP(=O)(O)OC[C@@H](O)COP(=O)(O)OC[C@@H](COC(=O)CCCCCCC)OC(=O)CCCCCCCCCCC. The Bertz CT molecular complexity index is 1650. The predicted molar refractivity (Wildman–Crippen MR) is 345 cm³/mol. The summed E-state index contributed by atoms with van der Waals surface area (Å²) in [4.78, 5) is 72.0. The number of phosphoric ester groups is 2. The predicted octanol–water partition coefficient (Wildman–Crippen LogP) is 19.1. The van der Waals surface area contributed by atoms with Gasteiger partial charge in [-0.05, 0) is 25.7 Å². The molecule has 17 nitrogen and oxygen atoms in total. The zero-order valence-corrected chi connectivity index (χ0v) is 57.1. The first kappa shape index (κ1) is 84.1. The van der Waals surface area contributed by atoms with Crippen molar-refractivity contribution in [3.63, 3.8) is 0 Å². The molecule has 0 heterocycles. The third-order valence-electron chi connectivity index (χ3n) is 15.6. The van der Waals surface area contributed by atoms with Crippen LogP contribution in [0.2, 0.25) is 0 Å². The maximum atomic E-state index is 13.0. The number of ether oxygens (including phenoxy) is 4. The van der Waals surface area contributed by atoms with Crippen molar-refractivity contribution >= 4 is 39.5 Å². The molecule has 0 rings (SSSR count). The number of aliphatic hydroxyl groups is 1. The zero-order valence-electron chi connectivity index (χ0n) is 55.3. The van der Waals surface area contributed by atoms with Crippen molar-refractivity contribution in [3.8, 4) is 0 Å². The van der Waals surface area contributed by atoms with Crippen molar-refractivity contribution in [2.24, 2.45) is 0 Å². The number of rotatable bonds is 68. The highest BCUT2D eigenvalue weighted by atomic mass is 31.2. The smallest absolute Gasteiger partial charge is 0.462 e. The summed E-state index contributed by atoms with van der Waals surface area (Å²) >= 11 is 0. The lowest BCUT2D eigenvalue weighted by Crippen LogP contribution is -2.30. The van der Waals surface area contributed by atoms with E-state index in [1.807, 2.05) is 0 Å². The Morgan fingerprint density at radius 2 is 0.465 bits per heavy atom. The number of unbranched alkanes of at least 4 members (excludes halogenated alkanes) is 42. The molecule has 0 spiro atoms. The Morgan fingerprint density at radius 3 is 0.686 bits per heavy atom. The van der Waals surface area contributed by atoms with Gasteiger partial charge >= 0.3 is 39.5 Å². The molecular formula is C67H130O17P2. The lowest BCUT2D eigenvalue weighted by atomic mass is 10.0. The van der Waals surface area contributed by atoms with Crippen LogP contribution in [-0.4, -0.2) is 96.7 Å². The summed E-state index contributed by atoms with van der Waals surface area (Å²) in [7, 11) is -9.88. The van der Waals surface area contributed by atoms with Crippen molar-refractivity contribution in [1.82, 2.24) is 0 Å². The molecule has 0 bridgehead atoms. The van der Waals surface area contributed by atoms with Gasteiger partial charge in [-0.25, -0.2) is 9.13 Å². The fraction of sp³-hybridized carbons (Fsp3) is 0.940. The summed E-state index contributed by atoms with van der Waals surface area (Å²) in [6, 6.07) is 0. The maximum Gasteiger partial charge on any atom is 0.472 e. The fourth-order valence-electron chi connectivity index (χ4n) is 10.2. The molecule has 2 unspecified atom stereocenters. The van der Waals surface area contributed by atoms with Gasteiger partial charge in [-0.15, -0.1) is 0 Å². The minimum Gasteiger partial charge on any atom is -0.462 e. The van der Waals surface area contributed by atoms with Crippen molar-refractivity contribution in [3.05, 3.63) is 0 Å². The van der Waals surface area contributed by atoms with E-state index in [2.05, 4.69) is 27.7 Å². The van der Waals surface area contributed by atoms with Gasteiger partial charge in [-0.1, -0.05) is 297 Å². The van der Waals surface area contributed by atoms with Gasteiger partial charge in [0.2, 0.25) is 0 Å². The Morgan fingerprint density at radius 1 is 0.279 bits per heavy atom. The van der Waals surface area contributed by atoms with Gasteiger partial charge < -0.3 is 33.8 Å². The molecule has 0 saturated carbocycles. The lowest BCUT2D eigenvalue weighted by molar-refractivity contribution is -0.161. The highest BCUT2D eigenvalue weighted by molar-refractivity contribution is 7.47. The first-order valence-electron chi connectivity index (χ1n) is 35.3. The monoisotopic (exact) mass is 1270 g/mol. The van der Waals surface area contributed by atoms with Gasteiger partial charge in [0.1, 0.15) is 19.3 Å². The van der Waals surface area contributed by atoms with Gasteiger partial charge in [0.05, 0.1) is 26.4 Å². The molecule has 0 aromatic rings. The van der Waals surface area contributed by atoms with Crippen molar-refractivity contribution in [2.45, 2.75) is 367 Å². The second-order valence-electron chi connectivity index (χ2n) is 24.2. The Hall–Kier alpha value is -1.94. The van der Waals surface area contributed by atoms with Crippen LogP contribution in [0.1, 0.15) is 349 Å². The van der Waals surface area contributed by atoms with Crippen LogP contribution in [0, 0.1) is 0 Å². The number of carbonyl (C=O) groups excluding carboxylic acids is 4. The van der Waals surface area contributed by atoms with Crippen LogP contribution in [0.15, 0.2) is 0 Å².